The Morgan fingerprint density at radius 1 is 1.20 bits per heavy atom. The van der Waals surface area contributed by atoms with Crippen LogP contribution in [0.5, 0.6) is 0 Å². The molecule has 20 heavy (non-hydrogen) atoms. The van der Waals surface area contributed by atoms with E-state index >= 15 is 0 Å². The molecule has 1 aromatic rings. The number of carbonyl (C=O) groups is 2. The lowest BCUT2D eigenvalue weighted by atomic mass is 9.97. The number of anilines is 1. The van der Waals surface area contributed by atoms with Crippen molar-refractivity contribution < 1.29 is 9.59 Å². The van der Waals surface area contributed by atoms with E-state index in [9.17, 15) is 9.59 Å². The molecule has 1 atom stereocenters. The molecular weight excluding hydrogens is 254 g/mol. The second-order valence-electron chi connectivity index (χ2n) is 5.05. The maximum atomic E-state index is 11.8. The van der Waals surface area contributed by atoms with Gasteiger partial charge in [0, 0.05) is 25.1 Å². The van der Waals surface area contributed by atoms with E-state index in [4.69, 9.17) is 11.5 Å². The van der Waals surface area contributed by atoms with Crippen LogP contribution in [0.4, 0.5) is 5.69 Å². The molecule has 0 aliphatic rings. The van der Waals surface area contributed by atoms with Gasteiger partial charge in [0.25, 0.3) is 0 Å². The van der Waals surface area contributed by atoms with E-state index < -0.39 is 0 Å². The van der Waals surface area contributed by atoms with Gasteiger partial charge in [-0.05, 0) is 36.5 Å². The number of carbonyl (C=O) groups excluding carboxylic acids is 2. The third kappa shape index (κ3) is 6.22. The van der Waals surface area contributed by atoms with Crippen molar-refractivity contribution in [3.05, 3.63) is 29.8 Å². The highest BCUT2D eigenvalue weighted by atomic mass is 16.1. The Bertz CT molecular complexity index is 443. The average molecular weight is 277 g/mol. The van der Waals surface area contributed by atoms with Crippen LogP contribution in [-0.4, -0.2) is 18.4 Å². The molecule has 0 fully saturated rings. The van der Waals surface area contributed by atoms with Crippen LogP contribution in [0.3, 0.4) is 0 Å². The SMILES string of the molecule is CC(CC(=O)NCCCCC(N)=O)c1ccc(N)cc1. The van der Waals surface area contributed by atoms with E-state index in [0.29, 0.717) is 25.8 Å². The summed E-state index contributed by atoms with van der Waals surface area (Å²) in [5, 5.41) is 2.85. The quantitative estimate of drug-likeness (QED) is 0.496. The molecule has 1 rings (SSSR count). The van der Waals surface area contributed by atoms with Crippen LogP contribution in [0, 0.1) is 0 Å². The number of nitrogen functional groups attached to an aromatic ring is 1. The van der Waals surface area contributed by atoms with Crippen molar-refractivity contribution in [3.63, 3.8) is 0 Å². The lowest BCUT2D eigenvalue weighted by molar-refractivity contribution is -0.121. The molecule has 5 nitrogen and oxygen atoms in total. The zero-order chi connectivity index (χ0) is 15.0. The number of primary amides is 1. The zero-order valence-electron chi connectivity index (χ0n) is 11.9. The van der Waals surface area contributed by atoms with Gasteiger partial charge in [-0.3, -0.25) is 9.59 Å². The molecule has 0 radical (unpaired) electrons. The maximum Gasteiger partial charge on any atom is 0.220 e. The topological polar surface area (TPSA) is 98.2 Å². The number of benzene rings is 1. The molecule has 0 aliphatic carbocycles. The highest BCUT2D eigenvalue weighted by molar-refractivity contribution is 5.76. The molecule has 0 aliphatic heterocycles. The van der Waals surface area contributed by atoms with Crippen molar-refractivity contribution in [2.45, 2.75) is 38.5 Å². The highest BCUT2D eigenvalue weighted by Crippen LogP contribution is 2.19. The summed E-state index contributed by atoms with van der Waals surface area (Å²) < 4.78 is 0. The van der Waals surface area contributed by atoms with Crippen molar-refractivity contribution >= 4 is 17.5 Å². The number of nitrogens with two attached hydrogens (primary N) is 2. The first kappa shape index (κ1) is 16.0. The van der Waals surface area contributed by atoms with Crippen LogP contribution < -0.4 is 16.8 Å². The van der Waals surface area contributed by atoms with Crippen molar-refractivity contribution in [2.75, 3.05) is 12.3 Å². The molecule has 110 valence electrons. The van der Waals surface area contributed by atoms with Crippen molar-refractivity contribution in [1.82, 2.24) is 5.32 Å². The summed E-state index contributed by atoms with van der Waals surface area (Å²) >= 11 is 0. The van der Waals surface area contributed by atoms with Gasteiger partial charge < -0.3 is 16.8 Å². The van der Waals surface area contributed by atoms with E-state index in [0.717, 1.165) is 17.7 Å². The molecule has 0 heterocycles. The Morgan fingerprint density at radius 3 is 2.45 bits per heavy atom. The Hall–Kier alpha value is -2.04. The molecular formula is C15H23N3O2. The minimum absolute atomic E-state index is 0.0217. The number of unbranched alkanes of at least 4 members (excludes halogenated alkanes) is 1. The van der Waals surface area contributed by atoms with E-state index in [1.165, 1.54) is 0 Å². The van der Waals surface area contributed by atoms with Crippen LogP contribution in [0.25, 0.3) is 0 Å². The summed E-state index contributed by atoms with van der Waals surface area (Å²) in [5.74, 6) is -0.122. The van der Waals surface area contributed by atoms with Gasteiger partial charge in [-0.1, -0.05) is 19.1 Å². The standard InChI is InChI=1S/C15H23N3O2/c1-11(12-5-7-13(16)8-6-12)10-15(20)18-9-3-2-4-14(17)19/h5-8,11H,2-4,9-10,16H2,1H3,(H2,17,19)(H,18,20). The first-order chi connectivity index (χ1) is 9.49. The van der Waals surface area contributed by atoms with Gasteiger partial charge in [-0.25, -0.2) is 0 Å². The molecule has 0 spiro atoms. The summed E-state index contributed by atoms with van der Waals surface area (Å²) in [6, 6.07) is 7.57. The number of hydrogen-bond acceptors (Lipinski definition) is 3. The molecule has 1 aromatic carbocycles. The van der Waals surface area contributed by atoms with Crippen LogP contribution in [0.2, 0.25) is 0 Å². The van der Waals surface area contributed by atoms with Crippen LogP contribution in [-0.2, 0) is 9.59 Å². The van der Waals surface area contributed by atoms with Gasteiger partial charge in [0.05, 0.1) is 0 Å². The Morgan fingerprint density at radius 2 is 1.85 bits per heavy atom. The number of rotatable bonds is 8. The number of hydrogen-bond donors (Lipinski definition) is 3. The smallest absolute Gasteiger partial charge is 0.220 e. The number of nitrogens with one attached hydrogen (secondary N) is 1. The van der Waals surface area contributed by atoms with Crippen molar-refractivity contribution in [1.29, 1.82) is 0 Å². The van der Waals surface area contributed by atoms with Crippen molar-refractivity contribution in [3.8, 4) is 0 Å². The zero-order valence-corrected chi connectivity index (χ0v) is 11.9. The fraction of sp³-hybridized carbons (Fsp3) is 0.467. The number of amides is 2. The fourth-order valence-electron chi connectivity index (χ4n) is 1.94. The minimum Gasteiger partial charge on any atom is -0.399 e. The van der Waals surface area contributed by atoms with E-state index in [1.54, 1.807) is 0 Å². The fourth-order valence-corrected chi connectivity index (χ4v) is 1.94. The first-order valence-corrected chi connectivity index (χ1v) is 6.89. The van der Waals surface area contributed by atoms with Crippen LogP contribution in [0.15, 0.2) is 24.3 Å². The van der Waals surface area contributed by atoms with Gasteiger partial charge >= 0.3 is 0 Å². The average Bonchev–Trinajstić information content (AvgIpc) is 2.38. The predicted molar refractivity (Wildman–Crippen MR) is 79.9 cm³/mol. The summed E-state index contributed by atoms with van der Waals surface area (Å²) in [4.78, 5) is 22.3. The molecule has 0 bridgehead atoms. The summed E-state index contributed by atoms with van der Waals surface area (Å²) in [7, 11) is 0. The second-order valence-corrected chi connectivity index (χ2v) is 5.05. The largest absolute Gasteiger partial charge is 0.399 e. The van der Waals surface area contributed by atoms with E-state index in [1.807, 2.05) is 31.2 Å². The molecule has 0 aromatic heterocycles. The lowest BCUT2D eigenvalue weighted by Crippen LogP contribution is -2.25. The second kappa shape index (κ2) is 8.19. The Labute approximate surface area is 119 Å². The molecule has 2 amide bonds. The van der Waals surface area contributed by atoms with Gasteiger partial charge in [0.2, 0.25) is 11.8 Å². The van der Waals surface area contributed by atoms with E-state index in [2.05, 4.69) is 5.32 Å². The maximum absolute atomic E-state index is 11.8. The molecule has 5 heteroatoms. The predicted octanol–water partition coefficient (Wildman–Crippen LogP) is 1.53. The Kier molecular flexibility index (Phi) is 6.56. The highest BCUT2D eigenvalue weighted by Gasteiger charge is 2.10. The van der Waals surface area contributed by atoms with Gasteiger partial charge in [0.1, 0.15) is 0 Å². The third-order valence-corrected chi connectivity index (χ3v) is 3.17. The van der Waals surface area contributed by atoms with Gasteiger partial charge in [0.15, 0.2) is 0 Å². The summed E-state index contributed by atoms with van der Waals surface area (Å²) in [6.45, 7) is 2.60. The first-order valence-electron chi connectivity index (χ1n) is 6.89. The minimum atomic E-state index is -0.298. The molecule has 0 saturated heterocycles. The van der Waals surface area contributed by atoms with Crippen molar-refractivity contribution in [2.24, 2.45) is 5.73 Å². The molecule has 1 unspecified atom stereocenters. The molecule has 0 saturated carbocycles. The van der Waals surface area contributed by atoms with E-state index in [-0.39, 0.29) is 17.7 Å². The summed E-state index contributed by atoms with van der Waals surface area (Å²) in [5.41, 5.74) is 12.5. The van der Waals surface area contributed by atoms with Gasteiger partial charge in [-0.2, -0.15) is 0 Å². The van der Waals surface area contributed by atoms with Crippen LogP contribution >= 0.6 is 0 Å². The van der Waals surface area contributed by atoms with Crippen LogP contribution in [0.1, 0.15) is 44.1 Å². The Balaban J connectivity index is 2.24. The lowest BCUT2D eigenvalue weighted by Gasteiger charge is -2.12. The normalized spacial score (nSPS) is 11.8. The molecule has 5 N–H and O–H groups in total. The third-order valence-electron chi connectivity index (χ3n) is 3.17. The van der Waals surface area contributed by atoms with Gasteiger partial charge in [-0.15, -0.1) is 0 Å². The summed E-state index contributed by atoms with van der Waals surface area (Å²) in [6.07, 6.45) is 2.30. The monoisotopic (exact) mass is 277 g/mol.